The van der Waals surface area contributed by atoms with Crippen molar-refractivity contribution in [2.45, 2.75) is 52.0 Å². The Bertz CT molecular complexity index is 1440. The maximum Gasteiger partial charge on any atom is 0.340 e. The van der Waals surface area contributed by atoms with Gasteiger partial charge in [0.1, 0.15) is 16.9 Å². The molecule has 8 heteroatoms. The topological polar surface area (TPSA) is 107 Å². The van der Waals surface area contributed by atoms with Gasteiger partial charge in [0.25, 0.3) is 0 Å². The van der Waals surface area contributed by atoms with E-state index in [9.17, 15) is 18.0 Å². The Balaban J connectivity index is 1.55. The molecule has 2 aliphatic rings. The molecule has 0 saturated carbocycles. The number of carbonyl (C=O) groups is 1. The maximum absolute atomic E-state index is 12.7. The van der Waals surface area contributed by atoms with E-state index in [0.717, 1.165) is 58.8 Å². The monoisotopic (exact) mass is 441 g/mol. The van der Waals surface area contributed by atoms with Crippen molar-refractivity contribution in [1.29, 1.82) is 0 Å². The molecule has 1 aliphatic carbocycles. The molecular formula is C23H23NO6S. The van der Waals surface area contributed by atoms with Gasteiger partial charge in [-0.25, -0.2) is 13.2 Å². The van der Waals surface area contributed by atoms with Gasteiger partial charge in [-0.2, -0.15) is 0 Å². The second-order valence-electron chi connectivity index (χ2n) is 8.47. The van der Waals surface area contributed by atoms with Gasteiger partial charge in [-0.15, -0.1) is 0 Å². The Kier molecular flexibility index (Phi) is 4.58. The first kappa shape index (κ1) is 20.1. The summed E-state index contributed by atoms with van der Waals surface area (Å²) in [6.07, 6.45) is 5.39. The minimum atomic E-state index is -3.27. The molecule has 5 rings (SSSR count). The summed E-state index contributed by atoms with van der Waals surface area (Å²) >= 11 is 0. The SMILES string of the molecule is Cc1c(CC(=O)NC2C=CS(=O)(=O)C2)c(=O)oc2c(C)c3oc4c(c3cc12)CCCC4. The van der Waals surface area contributed by atoms with Crippen LogP contribution in [-0.4, -0.2) is 26.1 Å². The van der Waals surface area contributed by atoms with Gasteiger partial charge in [-0.05, 0) is 50.8 Å². The molecule has 0 saturated heterocycles. The lowest BCUT2D eigenvalue weighted by Crippen LogP contribution is -2.37. The van der Waals surface area contributed by atoms with E-state index in [-0.39, 0.29) is 17.7 Å². The summed E-state index contributed by atoms with van der Waals surface area (Å²) in [7, 11) is -3.27. The van der Waals surface area contributed by atoms with Crippen LogP contribution in [0.4, 0.5) is 0 Å². The first-order chi connectivity index (χ1) is 14.7. The van der Waals surface area contributed by atoms with Gasteiger partial charge in [0.15, 0.2) is 9.84 Å². The number of hydrogen-bond acceptors (Lipinski definition) is 6. The average Bonchev–Trinajstić information content (AvgIpc) is 3.26. The molecule has 7 nitrogen and oxygen atoms in total. The zero-order valence-corrected chi connectivity index (χ0v) is 18.2. The molecule has 0 fully saturated rings. The van der Waals surface area contributed by atoms with Crippen LogP contribution in [-0.2, 0) is 33.9 Å². The second kappa shape index (κ2) is 7.09. The molecule has 162 valence electrons. The van der Waals surface area contributed by atoms with Gasteiger partial charge in [-0.3, -0.25) is 4.79 Å². The van der Waals surface area contributed by atoms with Crippen LogP contribution in [0, 0.1) is 13.8 Å². The first-order valence-corrected chi connectivity index (χ1v) is 12.2. The third kappa shape index (κ3) is 3.39. The van der Waals surface area contributed by atoms with Gasteiger partial charge in [-0.1, -0.05) is 0 Å². The van der Waals surface area contributed by atoms with Gasteiger partial charge in [0.05, 0.1) is 23.8 Å². The molecule has 3 aromatic rings. The van der Waals surface area contributed by atoms with Crippen LogP contribution in [0.1, 0.15) is 40.9 Å². The minimum absolute atomic E-state index is 0.160. The zero-order chi connectivity index (χ0) is 21.9. The predicted octanol–water partition coefficient (Wildman–Crippen LogP) is 3.00. The molecule has 1 N–H and O–H groups in total. The summed E-state index contributed by atoms with van der Waals surface area (Å²) in [6, 6.07) is 1.43. The van der Waals surface area contributed by atoms with E-state index in [1.54, 1.807) is 0 Å². The second-order valence-corrected chi connectivity index (χ2v) is 10.4. The molecule has 3 heterocycles. The molecular weight excluding hydrogens is 418 g/mol. The highest BCUT2D eigenvalue weighted by Crippen LogP contribution is 2.37. The van der Waals surface area contributed by atoms with Crippen LogP contribution >= 0.6 is 0 Å². The summed E-state index contributed by atoms with van der Waals surface area (Å²) in [5.74, 6) is 0.436. The number of rotatable bonds is 3. The van der Waals surface area contributed by atoms with Crippen LogP contribution in [0.5, 0.6) is 0 Å². The largest absolute Gasteiger partial charge is 0.460 e. The number of furan rings is 1. The minimum Gasteiger partial charge on any atom is -0.460 e. The van der Waals surface area contributed by atoms with Crippen molar-refractivity contribution in [3.8, 4) is 0 Å². The molecule has 1 aromatic carbocycles. The molecule has 0 spiro atoms. The van der Waals surface area contributed by atoms with Crippen LogP contribution in [0.15, 0.2) is 31.2 Å². The average molecular weight is 442 g/mol. The van der Waals surface area contributed by atoms with Gasteiger partial charge < -0.3 is 14.2 Å². The van der Waals surface area contributed by atoms with Crippen molar-refractivity contribution in [3.05, 3.63) is 56.0 Å². The summed E-state index contributed by atoms with van der Waals surface area (Å²) < 4.78 is 34.8. The van der Waals surface area contributed by atoms with Crippen LogP contribution in [0.3, 0.4) is 0 Å². The third-order valence-corrected chi connectivity index (χ3v) is 7.73. The van der Waals surface area contributed by atoms with E-state index >= 15 is 0 Å². The lowest BCUT2D eigenvalue weighted by atomic mass is 9.93. The summed E-state index contributed by atoms with van der Waals surface area (Å²) in [5.41, 5.74) is 3.69. The van der Waals surface area contributed by atoms with Gasteiger partial charge in [0.2, 0.25) is 5.91 Å². The number of carbonyl (C=O) groups excluding carboxylic acids is 1. The lowest BCUT2D eigenvalue weighted by Gasteiger charge is -2.12. The standard InChI is InChI=1S/C23H23NO6S/c1-12-16-9-18-15-5-3-4-6-19(15)29-22(18)13(2)21(16)30-23(26)17(12)10-20(25)24-14-7-8-31(27,28)11-14/h7-9,14H,3-6,10-11H2,1-2H3,(H,24,25). The van der Waals surface area contributed by atoms with Crippen molar-refractivity contribution in [3.63, 3.8) is 0 Å². The van der Waals surface area contributed by atoms with E-state index in [1.165, 1.54) is 11.6 Å². The fourth-order valence-corrected chi connectivity index (χ4v) is 5.94. The first-order valence-electron chi connectivity index (χ1n) is 10.4. The molecule has 2 aromatic heterocycles. The molecule has 0 radical (unpaired) electrons. The van der Waals surface area contributed by atoms with E-state index in [2.05, 4.69) is 5.32 Å². The Labute approximate surface area is 179 Å². The van der Waals surface area contributed by atoms with E-state index in [0.29, 0.717) is 11.1 Å². The Morgan fingerprint density at radius 3 is 2.58 bits per heavy atom. The fourth-order valence-electron chi connectivity index (χ4n) is 4.71. The van der Waals surface area contributed by atoms with Crippen molar-refractivity contribution in [2.75, 3.05) is 5.75 Å². The molecule has 0 bridgehead atoms. The van der Waals surface area contributed by atoms with Crippen molar-refractivity contribution in [1.82, 2.24) is 5.32 Å². The lowest BCUT2D eigenvalue weighted by molar-refractivity contribution is -0.120. The normalized spacial score (nSPS) is 19.7. The summed E-state index contributed by atoms with van der Waals surface area (Å²) in [4.78, 5) is 25.2. The number of amides is 1. The number of sulfone groups is 1. The number of hydrogen-bond donors (Lipinski definition) is 1. The van der Waals surface area contributed by atoms with Crippen molar-refractivity contribution in [2.24, 2.45) is 0 Å². The number of fused-ring (bicyclic) bond motifs is 4. The summed E-state index contributed by atoms with van der Waals surface area (Å²) in [6.45, 7) is 3.71. The number of nitrogens with one attached hydrogen (secondary N) is 1. The Morgan fingerprint density at radius 1 is 1.10 bits per heavy atom. The van der Waals surface area contributed by atoms with Crippen molar-refractivity contribution >= 4 is 37.7 Å². The maximum atomic E-state index is 12.7. The predicted molar refractivity (Wildman–Crippen MR) is 117 cm³/mol. The highest BCUT2D eigenvalue weighted by Gasteiger charge is 2.26. The third-order valence-electron chi connectivity index (χ3n) is 6.34. The molecule has 31 heavy (non-hydrogen) atoms. The highest BCUT2D eigenvalue weighted by atomic mass is 32.2. The Hall–Kier alpha value is -2.87. The zero-order valence-electron chi connectivity index (χ0n) is 17.4. The van der Waals surface area contributed by atoms with Crippen LogP contribution in [0.25, 0.3) is 21.9 Å². The fraction of sp³-hybridized carbons (Fsp3) is 0.391. The van der Waals surface area contributed by atoms with Crippen LogP contribution < -0.4 is 10.9 Å². The molecule has 1 unspecified atom stereocenters. The molecule has 1 aliphatic heterocycles. The quantitative estimate of drug-likeness (QED) is 0.626. The Morgan fingerprint density at radius 2 is 1.84 bits per heavy atom. The van der Waals surface area contributed by atoms with E-state index in [1.807, 2.05) is 19.9 Å². The van der Waals surface area contributed by atoms with Crippen molar-refractivity contribution < 1.29 is 22.0 Å². The van der Waals surface area contributed by atoms with Crippen LogP contribution in [0.2, 0.25) is 0 Å². The smallest absolute Gasteiger partial charge is 0.340 e. The molecule has 1 atom stereocenters. The number of aryl methyl sites for hydroxylation is 4. The van der Waals surface area contributed by atoms with Gasteiger partial charge >= 0.3 is 5.63 Å². The van der Waals surface area contributed by atoms with E-state index in [4.69, 9.17) is 8.83 Å². The number of benzene rings is 1. The highest BCUT2D eigenvalue weighted by molar-refractivity contribution is 7.94. The van der Waals surface area contributed by atoms with E-state index < -0.39 is 27.4 Å². The van der Waals surface area contributed by atoms with Gasteiger partial charge in [0, 0.05) is 33.7 Å². The summed E-state index contributed by atoms with van der Waals surface area (Å²) in [5, 5.41) is 5.61. The molecule has 1 amide bonds.